The van der Waals surface area contributed by atoms with E-state index >= 15 is 0 Å². The van der Waals surface area contributed by atoms with E-state index in [1.165, 1.54) is 29.7 Å². The molecule has 2 heterocycles. The molecule has 0 atom stereocenters. The molecule has 116 valence electrons. The van der Waals surface area contributed by atoms with Crippen molar-refractivity contribution in [3.63, 3.8) is 0 Å². The molecule has 0 aliphatic rings. The molecule has 0 saturated carbocycles. The number of amides is 1. The van der Waals surface area contributed by atoms with E-state index in [9.17, 15) is 9.59 Å². The minimum Gasteiger partial charge on any atom is -0.328 e. The minimum absolute atomic E-state index is 0.252. The maximum Gasteiger partial charge on any atom is 0.258 e. The zero-order valence-corrected chi connectivity index (χ0v) is 13.4. The van der Waals surface area contributed by atoms with Crippen molar-refractivity contribution in [1.82, 2.24) is 9.97 Å². The molecule has 0 saturated heterocycles. The first-order chi connectivity index (χ1) is 11.1. The van der Waals surface area contributed by atoms with Gasteiger partial charge in [0.1, 0.15) is 0 Å². The predicted molar refractivity (Wildman–Crippen MR) is 91.4 cm³/mol. The summed E-state index contributed by atoms with van der Waals surface area (Å²) in [4.78, 5) is 30.7. The Labute approximate surface area is 141 Å². The lowest BCUT2D eigenvalue weighted by Crippen LogP contribution is -2.14. The van der Waals surface area contributed by atoms with E-state index in [-0.39, 0.29) is 11.5 Å². The molecule has 5 nitrogen and oxygen atoms in total. The fourth-order valence-corrected chi connectivity index (χ4v) is 3.03. The van der Waals surface area contributed by atoms with Crippen molar-refractivity contribution in [3.8, 4) is 0 Å². The van der Waals surface area contributed by atoms with Gasteiger partial charge in [0.25, 0.3) is 5.91 Å². The highest BCUT2D eigenvalue weighted by atomic mass is 35.5. The van der Waals surface area contributed by atoms with Crippen LogP contribution in [-0.2, 0) is 6.42 Å². The summed E-state index contributed by atoms with van der Waals surface area (Å²) in [6.07, 6.45) is 3.75. The Balaban J connectivity index is 1.70. The summed E-state index contributed by atoms with van der Waals surface area (Å²) in [5.74, 6) is -0.320. The van der Waals surface area contributed by atoms with Crippen LogP contribution in [-0.4, -0.2) is 15.9 Å². The van der Waals surface area contributed by atoms with Gasteiger partial charge in [-0.2, -0.15) is 0 Å². The van der Waals surface area contributed by atoms with Crippen LogP contribution in [0.5, 0.6) is 0 Å². The summed E-state index contributed by atoms with van der Waals surface area (Å²) in [7, 11) is 0. The fraction of sp³-hybridized carbons (Fsp3) is 0.0625. The average Bonchev–Trinajstić information content (AvgIpc) is 2.97. The Morgan fingerprint density at radius 3 is 2.83 bits per heavy atom. The van der Waals surface area contributed by atoms with Crippen molar-refractivity contribution in [2.45, 2.75) is 6.42 Å². The largest absolute Gasteiger partial charge is 0.328 e. The zero-order valence-electron chi connectivity index (χ0n) is 11.9. The van der Waals surface area contributed by atoms with Crippen molar-refractivity contribution in [2.75, 3.05) is 5.32 Å². The lowest BCUT2D eigenvalue weighted by atomic mass is 10.1. The summed E-state index contributed by atoms with van der Waals surface area (Å²) in [6, 6.07) is 10.4. The second-order valence-corrected chi connectivity index (χ2v) is 6.32. The number of aromatic nitrogens is 2. The van der Waals surface area contributed by atoms with Gasteiger partial charge in [-0.25, -0.2) is 4.98 Å². The first-order valence-electron chi connectivity index (χ1n) is 6.80. The third-order valence-electron chi connectivity index (χ3n) is 3.14. The number of carbonyl (C=O) groups excluding carboxylic acids is 1. The summed E-state index contributed by atoms with van der Waals surface area (Å²) in [5.41, 5.74) is 1.13. The normalized spacial score (nSPS) is 10.5. The van der Waals surface area contributed by atoms with Gasteiger partial charge in [0.05, 0.1) is 5.56 Å². The van der Waals surface area contributed by atoms with Crippen molar-refractivity contribution < 1.29 is 4.79 Å². The Morgan fingerprint density at radius 2 is 2.09 bits per heavy atom. The molecule has 0 radical (unpaired) electrons. The van der Waals surface area contributed by atoms with E-state index < -0.39 is 0 Å². The quantitative estimate of drug-likeness (QED) is 0.761. The van der Waals surface area contributed by atoms with Crippen LogP contribution in [0.15, 0.2) is 53.6 Å². The summed E-state index contributed by atoms with van der Waals surface area (Å²) >= 11 is 7.53. The van der Waals surface area contributed by atoms with Gasteiger partial charge < -0.3 is 4.98 Å². The number of H-pyrrole nitrogens is 1. The number of pyridine rings is 1. The molecule has 3 rings (SSSR count). The van der Waals surface area contributed by atoms with Crippen molar-refractivity contribution in [3.05, 3.63) is 80.2 Å². The second-order valence-electron chi connectivity index (χ2n) is 4.80. The van der Waals surface area contributed by atoms with E-state index in [1.807, 2.05) is 24.3 Å². The molecule has 2 N–H and O–H groups in total. The highest BCUT2D eigenvalue weighted by Crippen LogP contribution is 2.24. The molecular weight excluding hydrogens is 334 g/mol. The first kappa shape index (κ1) is 15.5. The summed E-state index contributed by atoms with van der Waals surface area (Å²) in [5, 5.41) is 3.92. The molecule has 2 aromatic heterocycles. The Kier molecular flexibility index (Phi) is 4.55. The molecule has 0 aliphatic carbocycles. The lowest BCUT2D eigenvalue weighted by molar-refractivity contribution is 0.102. The lowest BCUT2D eigenvalue weighted by Gasteiger charge is -2.01. The number of carbonyl (C=O) groups is 1. The third kappa shape index (κ3) is 3.85. The smallest absolute Gasteiger partial charge is 0.258 e. The van der Waals surface area contributed by atoms with Gasteiger partial charge in [-0.05, 0) is 17.7 Å². The number of halogens is 1. The predicted octanol–water partition coefficient (Wildman–Crippen LogP) is 3.33. The van der Waals surface area contributed by atoms with Crippen LogP contribution in [0.3, 0.4) is 0 Å². The number of aromatic amines is 1. The maximum absolute atomic E-state index is 12.1. The van der Waals surface area contributed by atoms with Crippen LogP contribution in [0.1, 0.15) is 20.8 Å². The third-order valence-corrected chi connectivity index (χ3v) is 4.42. The minimum atomic E-state index is -0.320. The number of nitrogens with one attached hydrogen (secondary N) is 2. The number of benzene rings is 1. The number of hydrogen-bond acceptors (Lipinski definition) is 4. The number of thiazole rings is 1. The van der Waals surface area contributed by atoms with Crippen molar-refractivity contribution in [1.29, 1.82) is 0 Å². The maximum atomic E-state index is 12.1. The number of hydrogen-bond donors (Lipinski definition) is 2. The molecule has 0 spiro atoms. The van der Waals surface area contributed by atoms with Crippen LogP contribution >= 0.6 is 22.9 Å². The number of anilines is 1. The molecule has 7 heteroatoms. The van der Waals surface area contributed by atoms with Gasteiger partial charge >= 0.3 is 0 Å². The molecule has 1 amide bonds. The van der Waals surface area contributed by atoms with E-state index in [2.05, 4.69) is 15.3 Å². The molecular formula is C16H12ClN3O2S. The van der Waals surface area contributed by atoms with E-state index in [4.69, 9.17) is 11.6 Å². The van der Waals surface area contributed by atoms with Gasteiger partial charge in [-0.1, -0.05) is 29.8 Å². The standard InChI is InChI=1S/C16H12ClN3O2S/c17-13-4-2-1-3-10(13)7-12-9-19-16(23-12)20-15(22)11-5-6-14(21)18-8-11/h1-6,8-9H,7H2,(H,18,21)(H,19,20,22). The van der Waals surface area contributed by atoms with Crippen LogP contribution in [0, 0.1) is 0 Å². The van der Waals surface area contributed by atoms with Gasteiger partial charge in [-0.15, -0.1) is 11.3 Å². The van der Waals surface area contributed by atoms with Gasteiger partial charge in [0.15, 0.2) is 5.13 Å². The van der Waals surface area contributed by atoms with E-state index in [0.717, 1.165) is 10.4 Å². The molecule has 0 aliphatic heterocycles. The second kappa shape index (κ2) is 6.76. The highest BCUT2D eigenvalue weighted by Gasteiger charge is 2.10. The highest BCUT2D eigenvalue weighted by molar-refractivity contribution is 7.15. The Morgan fingerprint density at radius 1 is 1.26 bits per heavy atom. The molecule has 0 bridgehead atoms. The molecule has 0 fully saturated rings. The molecule has 23 heavy (non-hydrogen) atoms. The molecule has 3 aromatic rings. The van der Waals surface area contributed by atoms with Crippen LogP contribution < -0.4 is 10.9 Å². The fourth-order valence-electron chi connectivity index (χ4n) is 2.00. The van der Waals surface area contributed by atoms with Crippen molar-refractivity contribution in [2.24, 2.45) is 0 Å². The average molecular weight is 346 g/mol. The van der Waals surface area contributed by atoms with Gasteiger partial charge in [0.2, 0.25) is 5.56 Å². The molecule has 0 unspecified atom stereocenters. The van der Waals surface area contributed by atoms with Crippen LogP contribution in [0.25, 0.3) is 0 Å². The van der Waals surface area contributed by atoms with Crippen molar-refractivity contribution >= 4 is 34.0 Å². The van der Waals surface area contributed by atoms with Gasteiger partial charge in [0, 0.05) is 34.8 Å². The number of nitrogens with zero attached hydrogens (tertiary/aromatic N) is 1. The SMILES string of the molecule is O=C(Nc1ncc(Cc2ccccc2Cl)s1)c1ccc(=O)[nH]c1. The van der Waals surface area contributed by atoms with Gasteiger partial charge in [-0.3, -0.25) is 14.9 Å². The summed E-state index contributed by atoms with van der Waals surface area (Å²) in [6.45, 7) is 0. The first-order valence-corrected chi connectivity index (χ1v) is 7.99. The van der Waals surface area contributed by atoms with E-state index in [0.29, 0.717) is 22.1 Å². The molecule has 1 aromatic carbocycles. The summed E-state index contributed by atoms with van der Waals surface area (Å²) < 4.78 is 0. The van der Waals surface area contributed by atoms with Crippen LogP contribution in [0.4, 0.5) is 5.13 Å². The van der Waals surface area contributed by atoms with E-state index in [1.54, 1.807) is 6.20 Å². The topological polar surface area (TPSA) is 74.8 Å². The van der Waals surface area contributed by atoms with Crippen LogP contribution in [0.2, 0.25) is 5.02 Å². The Hall–Kier alpha value is -2.44. The Bertz CT molecular complexity index is 884. The number of rotatable bonds is 4. The monoisotopic (exact) mass is 345 g/mol. The zero-order chi connectivity index (χ0) is 16.2.